The topological polar surface area (TPSA) is 86.8 Å². The summed E-state index contributed by atoms with van der Waals surface area (Å²) >= 11 is 15.9. The minimum Gasteiger partial charge on any atom is -0.354 e. The Morgan fingerprint density at radius 2 is 1.64 bits per heavy atom. The van der Waals surface area contributed by atoms with Crippen LogP contribution < -0.4 is 9.62 Å². The van der Waals surface area contributed by atoms with E-state index in [4.69, 9.17) is 23.2 Å². The highest BCUT2D eigenvalue weighted by Crippen LogP contribution is 2.30. The zero-order valence-electron chi connectivity index (χ0n) is 21.8. The van der Waals surface area contributed by atoms with Gasteiger partial charge in [-0.15, -0.1) is 0 Å². The highest BCUT2D eigenvalue weighted by atomic mass is 79.9. The van der Waals surface area contributed by atoms with E-state index in [0.717, 1.165) is 26.3 Å². The molecule has 0 aliphatic heterocycles. The number of nitrogens with one attached hydrogen (secondary N) is 1. The molecule has 7 nitrogen and oxygen atoms in total. The van der Waals surface area contributed by atoms with Gasteiger partial charge in [-0.3, -0.25) is 13.9 Å². The Labute approximate surface area is 248 Å². The van der Waals surface area contributed by atoms with Gasteiger partial charge in [0.25, 0.3) is 10.0 Å². The van der Waals surface area contributed by atoms with Crippen LogP contribution in [0.5, 0.6) is 0 Å². The first kappa shape index (κ1) is 30.9. The maximum Gasteiger partial charge on any atom is 0.264 e. The van der Waals surface area contributed by atoms with Gasteiger partial charge in [-0.1, -0.05) is 75.9 Å². The Hall–Kier alpha value is -2.59. The number of sulfonamides is 1. The van der Waals surface area contributed by atoms with E-state index in [1.54, 1.807) is 19.1 Å². The molecule has 0 heterocycles. The molecule has 3 aromatic carbocycles. The van der Waals surface area contributed by atoms with Gasteiger partial charge in [-0.25, -0.2) is 8.42 Å². The van der Waals surface area contributed by atoms with E-state index >= 15 is 0 Å². The first-order valence-electron chi connectivity index (χ1n) is 12.3. The van der Waals surface area contributed by atoms with E-state index in [1.807, 2.05) is 38.1 Å². The van der Waals surface area contributed by atoms with Crippen molar-refractivity contribution in [3.63, 3.8) is 0 Å². The van der Waals surface area contributed by atoms with Gasteiger partial charge in [-0.2, -0.15) is 0 Å². The molecular weight excluding hydrogens is 625 g/mol. The zero-order valence-corrected chi connectivity index (χ0v) is 25.7. The number of halogens is 3. The summed E-state index contributed by atoms with van der Waals surface area (Å²) in [4.78, 5) is 28.2. The molecule has 3 rings (SSSR count). The molecule has 39 heavy (non-hydrogen) atoms. The molecule has 0 unspecified atom stereocenters. The third-order valence-electron chi connectivity index (χ3n) is 5.98. The van der Waals surface area contributed by atoms with Crippen molar-refractivity contribution in [1.29, 1.82) is 0 Å². The third-order valence-corrected chi connectivity index (χ3v) is 8.70. The van der Waals surface area contributed by atoms with Crippen LogP contribution in [0, 0.1) is 6.92 Å². The molecule has 1 atom stereocenters. The van der Waals surface area contributed by atoms with Crippen LogP contribution >= 0.6 is 39.1 Å². The van der Waals surface area contributed by atoms with E-state index < -0.39 is 28.5 Å². The van der Waals surface area contributed by atoms with Crippen molar-refractivity contribution in [1.82, 2.24) is 10.2 Å². The zero-order chi connectivity index (χ0) is 28.7. The smallest absolute Gasteiger partial charge is 0.264 e. The van der Waals surface area contributed by atoms with Crippen molar-refractivity contribution in [2.75, 3.05) is 17.4 Å². The minimum absolute atomic E-state index is 0.00396. The van der Waals surface area contributed by atoms with Gasteiger partial charge in [-0.05, 0) is 68.3 Å². The molecule has 208 valence electrons. The normalized spacial score (nSPS) is 12.1. The van der Waals surface area contributed by atoms with Crippen molar-refractivity contribution in [2.24, 2.45) is 0 Å². The van der Waals surface area contributed by atoms with Gasteiger partial charge in [0, 0.05) is 27.6 Å². The Kier molecular flexibility index (Phi) is 10.8. The molecule has 0 fully saturated rings. The summed E-state index contributed by atoms with van der Waals surface area (Å²) < 4.78 is 29.5. The molecule has 0 aliphatic rings. The molecule has 0 bridgehead atoms. The highest BCUT2D eigenvalue weighted by molar-refractivity contribution is 9.10. The highest BCUT2D eigenvalue weighted by Gasteiger charge is 2.32. The van der Waals surface area contributed by atoms with E-state index in [1.165, 1.54) is 35.2 Å². The summed E-state index contributed by atoms with van der Waals surface area (Å²) in [6.07, 6.45) is 0.732. The number of hydrogen-bond donors (Lipinski definition) is 1. The lowest BCUT2D eigenvalue weighted by Crippen LogP contribution is -2.51. The van der Waals surface area contributed by atoms with Crippen molar-refractivity contribution in [2.45, 2.75) is 44.7 Å². The van der Waals surface area contributed by atoms with Gasteiger partial charge in [0.2, 0.25) is 11.8 Å². The van der Waals surface area contributed by atoms with Crippen molar-refractivity contribution in [3.05, 3.63) is 92.4 Å². The molecular formula is C28H30BrCl2N3O4S. The van der Waals surface area contributed by atoms with Gasteiger partial charge < -0.3 is 10.2 Å². The molecule has 3 aromatic rings. The molecule has 0 spiro atoms. The van der Waals surface area contributed by atoms with Crippen LogP contribution in [0.25, 0.3) is 0 Å². The second-order valence-corrected chi connectivity index (χ2v) is 12.7. The van der Waals surface area contributed by atoms with Gasteiger partial charge in [0.15, 0.2) is 0 Å². The number of aryl methyl sites for hydroxylation is 1. The molecule has 0 saturated heterocycles. The fraction of sp³-hybridized carbons (Fsp3) is 0.286. The second kappa shape index (κ2) is 13.7. The number of carbonyl (C=O) groups is 2. The predicted octanol–water partition coefficient (Wildman–Crippen LogP) is 6.20. The average Bonchev–Trinajstić information content (AvgIpc) is 2.88. The molecule has 0 radical (unpaired) electrons. The summed E-state index contributed by atoms with van der Waals surface area (Å²) in [5.41, 5.74) is 1.79. The standard InChI is InChI=1S/C28H30BrCl2N3O4S/c1-4-12-32-28(36)20(3)33(17-21-6-5-7-22(29)13-21)27(35)18-34(25-15-23(30)14-24(31)16-25)39(37,38)26-10-8-19(2)9-11-26/h5-11,13-16,20H,4,12,17-18H2,1-3H3,(H,32,36)/t20-/m0/s1. The number of hydrogen-bond acceptors (Lipinski definition) is 4. The van der Waals surface area contributed by atoms with E-state index in [-0.39, 0.29) is 33.1 Å². The summed E-state index contributed by atoms with van der Waals surface area (Å²) in [6.45, 7) is 5.37. The molecule has 11 heteroatoms. The Balaban J connectivity index is 2.05. The van der Waals surface area contributed by atoms with Crippen LogP contribution in [0.1, 0.15) is 31.4 Å². The number of anilines is 1. The fourth-order valence-corrected chi connectivity index (χ4v) is 6.22. The number of carbonyl (C=O) groups excluding carboxylic acids is 2. The Bertz CT molecular complexity index is 1410. The SMILES string of the molecule is CCCNC(=O)[C@H](C)N(Cc1cccc(Br)c1)C(=O)CN(c1cc(Cl)cc(Cl)c1)S(=O)(=O)c1ccc(C)cc1. The molecule has 1 N–H and O–H groups in total. The van der Waals surface area contributed by atoms with Crippen LogP contribution in [0.2, 0.25) is 10.0 Å². The Morgan fingerprint density at radius 1 is 1.00 bits per heavy atom. The van der Waals surface area contributed by atoms with Crippen LogP contribution in [0.15, 0.2) is 76.1 Å². The van der Waals surface area contributed by atoms with Crippen molar-refractivity contribution >= 4 is 66.7 Å². The minimum atomic E-state index is -4.21. The van der Waals surface area contributed by atoms with Crippen LogP contribution in [0.4, 0.5) is 5.69 Å². The lowest BCUT2D eigenvalue weighted by atomic mass is 10.1. The largest absolute Gasteiger partial charge is 0.354 e. The van der Waals surface area contributed by atoms with E-state index in [0.29, 0.717) is 6.54 Å². The first-order chi connectivity index (χ1) is 18.4. The number of rotatable bonds is 11. The van der Waals surface area contributed by atoms with Crippen LogP contribution in [0.3, 0.4) is 0 Å². The second-order valence-electron chi connectivity index (χ2n) is 9.07. The number of amides is 2. The van der Waals surface area contributed by atoms with E-state index in [2.05, 4.69) is 21.2 Å². The summed E-state index contributed by atoms with van der Waals surface area (Å²) in [6, 6.07) is 17.1. The van der Waals surface area contributed by atoms with Gasteiger partial charge in [0.1, 0.15) is 12.6 Å². The van der Waals surface area contributed by atoms with E-state index in [9.17, 15) is 18.0 Å². The maximum absolute atomic E-state index is 13.9. The van der Waals surface area contributed by atoms with Crippen molar-refractivity contribution < 1.29 is 18.0 Å². The monoisotopic (exact) mass is 653 g/mol. The quantitative estimate of drug-likeness (QED) is 0.267. The lowest BCUT2D eigenvalue weighted by molar-refractivity contribution is -0.139. The van der Waals surface area contributed by atoms with Gasteiger partial charge in [0.05, 0.1) is 10.6 Å². The summed E-state index contributed by atoms with van der Waals surface area (Å²) in [5.74, 6) is -0.903. The molecule has 0 aliphatic carbocycles. The van der Waals surface area contributed by atoms with Gasteiger partial charge >= 0.3 is 0 Å². The van der Waals surface area contributed by atoms with Crippen molar-refractivity contribution in [3.8, 4) is 0 Å². The average molecular weight is 655 g/mol. The molecule has 0 saturated carbocycles. The van der Waals surface area contributed by atoms with Crippen LogP contribution in [-0.2, 0) is 26.2 Å². The first-order valence-corrected chi connectivity index (χ1v) is 15.3. The lowest BCUT2D eigenvalue weighted by Gasteiger charge is -2.32. The fourth-order valence-electron chi connectivity index (χ4n) is 3.86. The predicted molar refractivity (Wildman–Crippen MR) is 160 cm³/mol. The molecule has 2 amide bonds. The van der Waals surface area contributed by atoms with Crippen LogP contribution in [-0.4, -0.2) is 44.3 Å². The third kappa shape index (κ3) is 8.20. The Morgan fingerprint density at radius 3 is 2.23 bits per heavy atom. The summed E-state index contributed by atoms with van der Waals surface area (Å²) in [7, 11) is -4.21. The summed E-state index contributed by atoms with van der Waals surface area (Å²) in [5, 5.41) is 3.25. The number of nitrogens with zero attached hydrogens (tertiary/aromatic N) is 2. The maximum atomic E-state index is 13.9. The molecule has 0 aromatic heterocycles. The number of benzene rings is 3.